The van der Waals surface area contributed by atoms with Gasteiger partial charge < -0.3 is 4.57 Å². The van der Waals surface area contributed by atoms with Crippen LogP contribution in [0.3, 0.4) is 0 Å². The quantitative estimate of drug-likeness (QED) is 0.258. The van der Waals surface area contributed by atoms with Gasteiger partial charge in [0.05, 0.1) is 0 Å². The molecule has 0 aliphatic carbocycles. The van der Waals surface area contributed by atoms with Crippen LogP contribution in [0.2, 0.25) is 0 Å². The second-order valence-corrected chi connectivity index (χ2v) is 8.61. The van der Waals surface area contributed by atoms with Crippen molar-refractivity contribution in [3.63, 3.8) is 0 Å². The predicted molar refractivity (Wildman–Crippen MR) is 138 cm³/mol. The van der Waals surface area contributed by atoms with Crippen LogP contribution in [0.4, 0.5) is 0 Å². The first-order valence-electron chi connectivity index (χ1n) is 11.1. The molecule has 3 aromatic carbocycles. The Kier molecular flexibility index (Phi) is 6.06. The number of fused-ring (bicyclic) bond motifs is 1. The van der Waals surface area contributed by atoms with Crippen molar-refractivity contribution < 1.29 is 9.59 Å². The number of benzene rings is 3. The molecule has 4 aromatic rings. The van der Waals surface area contributed by atoms with Crippen molar-refractivity contribution in [2.45, 2.75) is 13.0 Å². The molecule has 1 aliphatic heterocycles. The van der Waals surface area contributed by atoms with E-state index in [1.807, 2.05) is 79.0 Å². The summed E-state index contributed by atoms with van der Waals surface area (Å²) < 4.78 is 2.14. The standard InChI is InChI=1S/C28H23N3O2S/c32-26-24(27(33)31(28(34)29-26)16-15-20-9-3-1-4-10-20)17-22-19-30(18-21-11-5-2-6-12-21)25-14-8-7-13-23(22)25/h1-14,17,19H,15-16,18H2,(H,29,32,34). The normalized spacial score (nSPS) is 15.2. The lowest BCUT2D eigenvalue weighted by Crippen LogP contribution is -2.54. The third kappa shape index (κ3) is 4.40. The molecule has 1 aromatic heterocycles. The summed E-state index contributed by atoms with van der Waals surface area (Å²) in [6.07, 6.45) is 4.32. The number of hydrogen-bond donors (Lipinski definition) is 1. The van der Waals surface area contributed by atoms with E-state index in [1.54, 1.807) is 6.08 Å². The van der Waals surface area contributed by atoms with Crippen LogP contribution in [0.25, 0.3) is 17.0 Å². The maximum Gasteiger partial charge on any atom is 0.265 e. The molecule has 1 saturated heterocycles. The number of carbonyl (C=O) groups excluding carboxylic acids is 2. The minimum absolute atomic E-state index is 0.0873. The van der Waals surface area contributed by atoms with Crippen molar-refractivity contribution >= 4 is 46.1 Å². The molecule has 1 fully saturated rings. The van der Waals surface area contributed by atoms with E-state index in [0.29, 0.717) is 19.5 Å². The molecule has 2 heterocycles. The molecule has 5 nitrogen and oxygen atoms in total. The van der Waals surface area contributed by atoms with Gasteiger partial charge in [-0.25, -0.2) is 0 Å². The summed E-state index contributed by atoms with van der Waals surface area (Å²) in [5.41, 5.74) is 4.22. The molecule has 34 heavy (non-hydrogen) atoms. The van der Waals surface area contributed by atoms with Crippen molar-refractivity contribution in [2.75, 3.05) is 6.54 Å². The largest absolute Gasteiger partial charge is 0.342 e. The van der Waals surface area contributed by atoms with Gasteiger partial charge in [-0.2, -0.15) is 0 Å². The molecule has 0 unspecified atom stereocenters. The first-order chi connectivity index (χ1) is 16.6. The number of aromatic nitrogens is 1. The highest BCUT2D eigenvalue weighted by Crippen LogP contribution is 2.26. The molecule has 1 aliphatic rings. The van der Waals surface area contributed by atoms with Crippen molar-refractivity contribution in [3.05, 3.63) is 113 Å². The molecule has 0 atom stereocenters. The van der Waals surface area contributed by atoms with E-state index in [1.165, 1.54) is 10.5 Å². The van der Waals surface area contributed by atoms with Crippen LogP contribution >= 0.6 is 12.2 Å². The predicted octanol–water partition coefficient (Wildman–Crippen LogP) is 4.56. The molecule has 0 radical (unpaired) electrons. The number of para-hydroxylation sites is 1. The van der Waals surface area contributed by atoms with Crippen molar-refractivity contribution in [2.24, 2.45) is 0 Å². The van der Waals surface area contributed by atoms with Gasteiger partial charge in [0.1, 0.15) is 5.57 Å². The third-order valence-electron chi connectivity index (χ3n) is 5.97. The van der Waals surface area contributed by atoms with Crippen LogP contribution in [-0.2, 0) is 22.6 Å². The summed E-state index contributed by atoms with van der Waals surface area (Å²) in [5.74, 6) is -0.838. The summed E-state index contributed by atoms with van der Waals surface area (Å²) in [6, 6.07) is 28.1. The Balaban J connectivity index is 1.46. The highest BCUT2D eigenvalue weighted by Gasteiger charge is 2.33. The molecular formula is C28H23N3O2S. The maximum absolute atomic E-state index is 13.3. The summed E-state index contributed by atoms with van der Waals surface area (Å²) in [6.45, 7) is 1.09. The van der Waals surface area contributed by atoms with Gasteiger partial charge in [-0.1, -0.05) is 78.9 Å². The minimum atomic E-state index is -0.467. The molecule has 0 saturated carbocycles. The van der Waals surface area contributed by atoms with Crippen LogP contribution in [-0.4, -0.2) is 32.9 Å². The lowest BCUT2D eigenvalue weighted by Gasteiger charge is -2.28. The Labute approximate surface area is 203 Å². The smallest absolute Gasteiger partial charge is 0.265 e. The van der Waals surface area contributed by atoms with Crippen molar-refractivity contribution in [3.8, 4) is 0 Å². The van der Waals surface area contributed by atoms with Gasteiger partial charge in [0, 0.05) is 35.8 Å². The van der Waals surface area contributed by atoms with Gasteiger partial charge >= 0.3 is 0 Å². The van der Waals surface area contributed by atoms with Crippen LogP contribution in [0, 0.1) is 0 Å². The lowest BCUT2D eigenvalue weighted by molar-refractivity contribution is -0.128. The lowest BCUT2D eigenvalue weighted by atomic mass is 10.1. The third-order valence-corrected chi connectivity index (χ3v) is 6.29. The van der Waals surface area contributed by atoms with Crippen LogP contribution in [0.15, 0.2) is 96.7 Å². The van der Waals surface area contributed by atoms with Crippen molar-refractivity contribution in [1.29, 1.82) is 0 Å². The minimum Gasteiger partial charge on any atom is -0.342 e. The van der Waals surface area contributed by atoms with Gasteiger partial charge in [-0.05, 0) is 41.9 Å². The average Bonchev–Trinajstić information content (AvgIpc) is 3.20. The zero-order valence-corrected chi connectivity index (χ0v) is 19.3. The molecule has 6 heteroatoms. The Morgan fingerprint density at radius 3 is 2.21 bits per heavy atom. The number of carbonyl (C=O) groups is 2. The van der Waals surface area contributed by atoms with Gasteiger partial charge in [0.2, 0.25) is 0 Å². The zero-order chi connectivity index (χ0) is 23.5. The fraction of sp³-hybridized carbons (Fsp3) is 0.107. The van der Waals surface area contributed by atoms with E-state index in [4.69, 9.17) is 12.2 Å². The molecule has 0 spiro atoms. The number of rotatable bonds is 6. The SMILES string of the molecule is O=C1NC(=S)N(CCc2ccccc2)C(=O)C1=Cc1cn(Cc2ccccc2)c2ccccc12. The van der Waals surface area contributed by atoms with Crippen molar-refractivity contribution in [1.82, 2.24) is 14.8 Å². The van der Waals surface area contributed by atoms with Crippen LogP contribution < -0.4 is 5.32 Å². The van der Waals surface area contributed by atoms with Gasteiger partial charge in [-0.15, -0.1) is 0 Å². The van der Waals surface area contributed by atoms with E-state index in [0.717, 1.165) is 22.0 Å². The highest BCUT2D eigenvalue weighted by molar-refractivity contribution is 7.80. The number of thiocarbonyl (C=S) groups is 1. The summed E-state index contributed by atoms with van der Waals surface area (Å²) >= 11 is 5.31. The number of amides is 2. The van der Waals surface area contributed by atoms with E-state index in [9.17, 15) is 9.59 Å². The molecule has 168 valence electrons. The fourth-order valence-corrected chi connectivity index (χ4v) is 4.51. The first kappa shape index (κ1) is 21.8. The van der Waals surface area contributed by atoms with E-state index >= 15 is 0 Å². The average molecular weight is 466 g/mol. The molecule has 1 N–H and O–H groups in total. The van der Waals surface area contributed by atoms with Crippen LogP contribution in [0.5, 0.6) is 0 Å². The van der Waals surface area contributed by atoms with Crippen LogP contribution in [0.1, 0.15) is 16.7 Å². The highest BCUT2D eigenvalue weighted by atomic mass is 32.1. The number of nitrogens with zero attached hydrogens (tertiary/aromatic N) is 2. The monoisotopic (exact) mass is 465 g/mol. The van der Waals surface area contributed by atoms with E-state index in [-0.39, 0.29) is 16.6 Å². The Morgan fingerprint density at radius 2 is 1.47 bits per heavy atom. The Hall–Kier alpha value is -4.03. The van der Waals surface area contributed by atoms with E-state index < -0.39 is 5.91 Å². The first-order valence-corrected chi connectivity index (χ1v) is 11.6. The number of nitrogens with one attached hydrogen (secondary N) is 1. The molecule has 0 bridgehead atoms. The Bertz CT molecular complexity index is 1410. The summed E-state index contributed by atoms with van der Waals surface area (Å²) in [4.78, 5) is 27.5. The topological polar surface area (TPSA) is 54.3 Å². The fourth-order valence-electron chi connectivity index (χ4n) is 4.24. The van der Waals surface area contributed by atoms with E-state index in [2.05, 4.69) is 22.0 Å². The van der Waals surface area contributed by atoms with Gasteiger partial charge in [-0.3, -0.25) is 19.8 Å². The molecule has 2 amide bonds. The zero-order valence-electron chi connectivity index (χ0n) is 18.5. The van der Waals surface area contributed by atoms with Gasteiger partial charge in [0.15, 0.2) is 5.11 Å². The van der Waals surface area contributed by atoms with Gasteiger partial charge in [0.25, 0.3) is 11.8 Å². The molecule has 5 rings (SSSR count). The summed E-state index contributed by atoms with van der Waals surface area (Å²) in [7, 11) is 0. The second-order valence-electron chi connectivity index (χ2n) is 8.22. The maximum atomic E-state index is 13.3. The summed E-state index contributed by atoms with van der Waals surface area (Å²) in [5, 5.41) is 3.81. The molecular weight excluding hydrogens is 442 g/mol. The number of hydrogen-bond acceptors (Lipinski definition) is 3. The Morgan fingerprint density at radius 1 is 0.824 bits per heavy atom. The second kappa shape index (κ2) is 9.45.